The van der Waals surface area contributed by atoms with Crippen LogP contribution in [0.2, 0.25) is 0 Å². The predicted molar refractivity (Wildman–Crippen MR) is 98.0 cm³/mol. The molecule has 0 saturated heterocycles. The number of carbonyl (C=O) groups excluding carboxylic acids is 3. The number of ketones is 1. The smallest absolute Gasteiger partial charge is 0.410 e. The van der Waals surface area contributed by atoms with Gasteiger partial charge in [-0.1, -0.05) is 0 Å². The van der Waals surface area contributed by atoms with Gasteiger partial charge >= 0.3 is 6.09 Å². The molecule has 1 aromatic rings. The molecule has 0 radical (unpaired) electrons. The number of rotatable bonds is 5. The maximum Gasteiger partial charge on any atom is 0.410 e. The van der Waals surface area contributed by atoms with Gasteiger partial charge in [-0.2, -0.15) is 0 Å². The standard InChI is InChI=1S/C19H26N2O6/c1-12(17(23)13-7-8-14-15(9-13)26-11-25-14)21(6)16(22)10-20(5)18(24)27-19(2,3)4/h7-9,12H,10-11H2,1-6H3. The van der Waals surface area contributed by atoms with Crippen LogP contribution in [-0.4, -0.2) is 66.7 Å². The Morgan fingerprint density at radius 3 is 2.41 bits per heavy atom. The maximum absolute atomic E-state index is 12.7. The summed E-state index contributed by atoms with van der Waals surface area (Å²) in [5, 5.41) is 0. The fourth-order valence-corrected chi connectivity index (χ4v) is 2.40. The summed E-state index contributed by atoms with van der Waals surface area (Å²) in [6, 6.07) is 4.20. The molecule has 1 unspecified atom stereocenters. The Morgan fingerprint density at radius 2 is 1.78 bits per heavy atom. The van der Waals surface area contributed by atoms with E-state index in [9.17, 15) is 14.4 Å². The van der Waals surface area contributed by atoms with Crippen molar-refractivity contribution in [3.8, 4) is 11.5 Å². The monoisotopic (exact) mass is 378 g/mol. The first-order valence-corrected chi connectivity index (χ1v) is 8.63. The first kappa shape index (κ1) is 20.5. The van der Waals surface area contributed by atoms with Gasteiger partial charge in [-0.15, -0.1) is 0 Å². The van der Waals surface area contributed by atoms with Crippen LogP contribution in [0.25, 0.3) is 0 Å². The van der Waals surface area contributed by atoms with Crippen molar-refractivity contribution in [2.45, 2.75) is 39.3 Å². The maximum atomic E-state index is 12.7. The Kier molecular flexibility index (Phi) is 5.98. The van der Waals surface area contributed by atoms with Crippen molar-refractivity contribution in [3.63, 3.8) is 0 Å². The van der Waals surface area contributed by atoms with Crippen LogP contribution >= 0.6 is 0 Å². The molecule has 1 atom stereocenters. The molecule has 0 spiro atoms. The lowest BCUT2D eigenvalue weighted by Crippen LogP contribution is -2.46. The van der Waals surface area contributed by atoms with E-state index in [1.54, 1.807) is 45.9 Å². The van der Waals surface area contributed by atoms with Crippen LogP contribution in [-0.2, 0) is 9.53 Å². The normalized spacial score (nSPS) is 13.7. The summed E-state index contributed by atoms with van der Waals surface area (Å²) >= 11 is 0. The summed E-state index contributed by atoms with van der Waals surface area (Å²) in [6.07, 6.45) is -0.598. The number of hydrogen-bond donors (Lipinski definition) is 0. The number of hydrogen-bond acceptors (Lipinski definition) is 6. The van der Waals surface area contributed by atoms with Crippen LogP contribution in [0.1, 0.15) is 38.1 Å². The average molecular weight is 378 g/mol. The summed E-state index contributed by atoms with van der Waals surface area (Å²) in [5.74, 6) is 0.489. The van der Waals surface area contributed by atoms with Gasteiger partial charge in [-0.25, -0.2) is 4.79 Å². The van der Waals surface area contributed by atoms with Crippen LogP contribution in [0.15, 0.2) is 18.2 Å². The van der Waals surface area contributed by atoms with E-state index < -0.39 is 17.7 Å². The third-order valence-electron chi connectivity index (χ3n) is 4.09. The van der Waals surface area contributed by atoms with Crippen molar-refractivity contribution in [2.75, 3.05) is 27.4 Å². The van der Waals surface area contributed by atoms with E-state index in [0.29, 0.717) is 17.1 Å². The summed E-state index contributed by atoms with van der Waals surface area (Å²) in [7, 11) is 3.00. The van der Waals surface area contributed by atoms with Gasteiger partial charge in [0, 0.05) is 19.7 Å². The lowest BCUT2D eigenvalue weighted by molar-refractivity contribution is -0.131. The summed E-state index contributed by atoms with van der Waals surface area (Å²) in [5.41, 5.74) is -0.227. The van der Waals surface area contributed by atoms with Crippen LogP contribution in [0, 0.1) is 0 Å². The molecule has 0 saturated carbocycles. The second-order valence-electron chi connectivity index (χ2n) is 7.45. The van der Waals surface area contributed by atoms with Crippen LogP contribution < -0.4 is 9.47 Å². The molecular weight excluding hydrogens is 352 g/mol. The largest absolute Gasteiger partial charge is 0.454 e. The van der Waals surface area contributed by atoms with Crippen LogP contribution in [0.4, 0.5) is 4.79 Å². The molecule has 27 heavy (non-hydrogen) atoms. The van der Waals surface area contributed by atoms with Crippen LogP contribution in [0.3, 0.4) is 0 Å². The fraction of sp³-hybridized carbons (Fsp3) is 0.526. The summed E-state index contributed by atoms with van der Waals surface area (Å²) < 4.78 is 15.7. The second kappa shape index (κ2) is 7.85. The number of nitrogens with zero attached hydrogens (tertiary/aromatic N) is 2. The topological polar surface area (TPSA) is 85.4 Å². The first-order chi connectivity index (χ1) is 12.5. The molecule has 0 bridgehead atoms. The van der Waals surface area contributed by atoms with E-state index in [-0.39, 0.29) is 25.0 Å². The van der Waals surface area contributed by atoms with Gasteiger partial charge in [0.15, 0.2) is 17.3 Å². The highest BCUT2D eigenvalue weighted by Crippen LogP contribution is 2.33. The molecule has 1 aromatic carbocycles. The van der Waals surface area contributed by atoms with Crippen molar-refractivity contribution in [1.82, 2.24) is 9.80 Å². The molecule has 2 amide bonds. The van der Waals surface area contributed by atoms with Crippen molar-refractivity contribution < 1.29 is 28.6 Å². The number of benzene rings is 1. The van der Waals surface area contributed by atoms with Crippen molar-refractivity contribution in [1.29, 1.82) is 0 Å². The predicted octanol–water partition coefficient (Wildman–Crippen LogP) is 2.31. The number of amides is 2. The van der Waals surface area contributed by atoms with Gasteiger partial charge in [0.05, 0.1) is 6.04 Å². The number of fused-ring (bicyclic) bond motifs is 1. The molecule has 1 aliphatic rings. The zero-order valence-electron chi connectivity index (χ0n) is 16.6. The highest BCUT2D eigenvalue weighted by molar-refractivity contribution is 6.02. The molecule has 0 N–H and O–H groups in total. The number of likely N-dealkylation sites (N-methyl/N-ethyl adjacent to an activating group) is 2. The lowest BCUT2D eigenvalue weighted by Gasteiger charge is -2.28. The van der Waals surface area contributed by atoms with Crippen LogP contribution in [0.5, 0.6) is 11.5 Å². The number of carbonyl (C=O) groups is 3. The second-order valence-corrected chi connectivity index (χ2v) is 7.45. The molecule has 8 nitrogen and oxygen atoms in total. The van der Waals surface area contributed by atoms with E-state index >= 15 is 0 Å². The van der Waals surface area contributed by atoms with Gasteiger partial charge < -0.3 is 24.0 Å². The number of ether oxygens (including phenoxy) is 3. The molecule has 1 aliphatic heterocycles. The Morgan fingerprint density at radius 1 is 1.15 bits per heavy atom. The van der Waals surface area contributed by atoms with Crippen molar-refractivity contribution >= 4 is 17.8 Å². The Balaban J connectivity index is 1.99. The SMILES string of the molecule is CC(C(=O)c1ccc2c(c1)OCO2)N(C)C(=O)CN(C)C(=O)OC(C)(C)C. The molecule has 0 aromatic heterocycles. The van der Waals surface area contributed by atoms with Crippen molar-refractivity contribution in [3.05, 3.63) is 23.8 Å². The Labute approximate surface area is 159 Å². The van der Waals surface area contributed by atoms with E-state index in [1.165, 1.54) is 23.9 Å². The van der Waals surface area contributed by atoms with Gasteiger partial charge in [0.1, 0.15) is 12.1 Å². The van der Waals surface area contributed by atoms with E-state index in [0.717, 1.165) is 0 Å². The summed E-state index contributed by atoms with van der Waals surface area (Å²) in [6.45, 7) is 6.82. The highest BCUT2D eigenvalue weighted by Gasteiger charge is 2.28. The van der Waals surface area contributed by atoms with Gasteiger partial charge in [-0.3, -0.25) is 9.59 Å². The highest BCUT2D eigenvalue weighted by atomic mass is 16.7. The molecular formula is C19H26N2O6. The zero-order chi connectivity index (χ0) is 20.4. The lowest BCUT2D eigenvalue weighted by atomic mass is 10.0. The molecule has 148 valence electrons. The third-order valence-corrected chi connectivity index (χ3v) is 4.09. The minimum Gasteiger partial charge on any atom is -0.454 e. The molecule has 0 fully saturated rings. The van der Waals surface area contributed by atoms with E-state index in [1.807, 2.05) is 0 Å². The molecule has 0 aliphatic carbocycles. The van der Waals surface area contributed by atoms with Gasteiger partial charge in [0.25, 0.3) is 0 Å². The fourth-order valence-electron chi connectivity index (χ4n) is 2.40. The minimum atomic E-state index is -0.704. The third kappa shape index (κ3) is 5.12. The zero-order valence-corrected chi connectivity index (χ0v) is 16.6. The van der Waals surface area contributed by atoms with E-state index in [4.69, 9.17) is 14.2 Å². The first-order valence-electron chi connectivity index (χ1n) is 8.63. The van der Waals surface area contributed by atoms with Gasteiger partial charge in [0.2, 0.25) is 12.7 Å². The molecule has 1 heterocycles. The quantitative estimate of drug-likeness (QED) is 0.731. The molecule has 2 rings (SSSR count). The van der Waals surface area contributed by atoms with Crippen molar-refractivity contribution in [2.24, 2.45) is 0 Å². The minimum absolute atomic E-state index is 0.123. The average Bonchev–Trinajstić information content (AvgIpc) is 3.05. The summed E-state index contributed by atoms with van der Waals surface area (Å²) in [4.78, 5) is 39.7. The van der Waals surface area contributed by atoms with Gasteiger partial charge in [-0.05, 0) is 45.9 Å². The van der Waals surface area contributed by atoms with E-state index in [2.05, 4.69) is 0 Å². The molecule has 8 heteroatoms. The Hall–Kier alpha value is -2.77. The number of Topliss-reactive ketones (excluding diaryl/α,β-unsaturated/α-hetero) is 1. The Bertz CT molecular complexity index is 740.